The Balaban J connectivity index is 1.88. The van der Waals surface area contributed by atoms with Crippen molar-refractivity contribution in [2.45, 2.75) is 51.7 Å². The molecule has 1 fully saturated rings. The lowest BCUT2D eigenvalue weighted by Crippen LogP contribution is -2.43. The number of aliphatic hydroxyl groups is 1. The number of halogens is 1. The van der Waals surface area contributed by atoms with Crippen LogP contribution < -0.4 is 0 Å². The first-order valence-electron chi connectivity index (χ1n) is 10.5. The number of Topliss-reactive ketones (excluding diaryl/α,β-unsaturated/α-hetero) is 1. The van der Waals surface area contributed by atoms with Gasteiger partial charge in [-0.15, -0.1) is 0 Å². The zero-order valence-corrected chi connectivity index (χ0v) is 18.4. The number of ether oxygens (including phenoxy) is 2. The number of carbonyl (C=O) groups excluding carboxylic acids is 1. The van der Waals surface area contributed by atoms with Gasteiger partial charge in [-0.3, -0.25) is 4.79 Å². The molecule has 0 amide bonds. The van der Waals surface area contributed by atoms with Gasteiger partial charge in [0.25, 0.3) is 0 Å². The van der Waals surface area contributed by atoms with E-state index in [-0.39, 0.29) is 18.1 Å². The third-order valence-corrected chi connectivity index (χ3v) is 6.42. The van der Waals surface area contributed by atoms with Crippen LogP contribution in [0.3, 0.4) is 0 Å². The summed E-state index contributed by atoms with van der Waals surface area (Å²) in [7, 11) is 0. The van der Waals surface area contributed by atoms with Crippen molar-refractivity contribution in [2.24, 2.45) is 0 Å². The molecule has 0 spiro atoms. The van der Waals surface area contributed by atoms with E-state index >= 15 is 0 Å². The van der Waals surface area contributed by atoms with Crippen LogP contribution in [0.5, 0.6) is 0 Å². The van der Waals surface area contributed by atoms with Crippen molar-refractivity contribution in [3.05, 3.63) is 63.9 Å². The fourth-order valence-corrected chi connectivity index (χ4v) is 4.78. The lowest BCUT2D eigenvalue weighted by Gasteiger charge is -2.34. The first-order valence-corrected chi connectivity index (χ1v) is 10.9. The van der Waals surface area contributed by atoms with Crippen LogP contribution in [0.1, 0.15) is 43.4 Å². The molecule has 0 radical (unpaired) electrons. The highest BCUT2D eigenvalue weighted by atomic mass is 35.5. The van der Waals surface area contributed by atoms with Crippen LogP contribution in [-0.4, -0.2) is 35.8 Å². The van der Waals surface area contributed by atoms with E-state index in [1.807, 2.05) is 44.2 Å². The molecule has 2 bridgehead atoms. The van der Waals surface area contributed by atoms with Gasteiger partial charge in [0.2, 0.25) is 0 Å². The zero-order valence-electron chi connectivity index (χ0n) is 17.6. The molecule has 30 heavy (non-hydrogen) atoms. The topological polar surface area (TPSA) is 55.8 Å². The Morgan fingerprint density at radius 2 is 2.00 bits per heavy atom. The van der Waals surface area contributed by atoms with Crippen molar-refractivity contribution in [1.29, 1.82) is 0 Å². The fourth-order valence-electron chi connectivity index (χ4n) is 4.56. The predicted octanol–water partition coefficient (Wildman–Crippen LogP) is 5.68. The summed E-state index contributed by atoms with van der Waals surface area (Å²) in [6.45, 7) is 6.75. The van der Waals surface area contributed by atoms with Gasteiger partial charge in [0.1, 0.15) is 17.5 Å². The summed E-state index contributed by atoms with van der Waals surface area (Å²) >= 11 is 6.13. The van der Waals surface area contributed by atoms with E-state index in [1.165, 1.54) is 0 Å². The largest absolute Gasteiger partial charge is 0.508 e. The van der Waals surface area contributed by atoms with Gasteiger partial charge < -0.3 is 14.6 Å². The number of ketones is 1. The molecule has 5 heteroatoms. The quantitative estimate of drug-likeness (QED) is 0.645. The Labute approximate surface area is 182 Å². The second-order valence-corrected chi connectivity index (χ2v) is 8.49. The highest BCUT2D eigenvalue weighted by Crippen LogP contribution is 2.46. The van der Waals surface area contributed by atoms with Crippen molar-refractivity contribution in [3.63, 3.8) is 0 Å². The molecule has 2 heterocycles. The SMILES string of the molecule is CCOC[C@]12CC[C@H](O1)C(=O)C(c1cc(-c3ccc(Cl)cc3C)ccc1CC)=C2O. The Bertz CT molecular complexity index is 1030. The number of benzene rings is 2. The maximum absolute atomic E-state index is 13.2. The van der Waals surface area contributed by atoms with E-state index in [4.69, 9.17) is 21.1 Å². The summed E-state index contributed by atoms with van der Waals surface area (Å²) in [6, 6.07) is 11.9. The van der Waals surface area contributed by atoms with Crippen LogP contribution in [0.2, 0.25) is 5.02 Å². The molecule has 2 aromatic rings. The second-order valence-electron chi connectivity index (χ2n) is 8.05. The number of carbonyl (C=O) groups is 1. The number of hydrogen-bond acceptors (Lipinski definition) is 4. The average Bonchev–Trinajstić information content (AvgIpc) is 3.14. The normalized spacial score (nSPS) is 23.3. The second kappa shape index (κ2) is 8.18. The number of aliphatic hydroxyl groups excluding tert-OH is 1. The summed E-state index contributed by atoms with van der Waals surface area (Å²) in [4.78, 5) is 13.2. The minimum Gasteiger partial charge on any atom is -0.508 e. The van der Waals surface area contributed by atoms with E-state index in [1.54, 1.807) is 0 Å². The van der Waals surface area contributed by atoms with Crippen molar-refractivity contribution >= 4 is 23.0 Å². The van der Waals surface area contributed by atoms with E-state index in [2.05, 4.69) is 13.0 Å². The first kappa shape index (κ1) is 21.1. The minimum atomic E-state index is -0.929. The van der Waals surface area contributed by atoms with E-state index in [9.17, 15) is 9.90 Å². The lowest BCUT2D eigenvalue weighted by atomic mass is 9.85. The van der Waals surface area contributed by atoms with Crippen LogP contribution >= 0.6 is 11.6 Å². The molecule has 158 valence electrons. The summed E-state index contributed by atoms with van der Waals surface area (Å²) in [5, 5.41) is 12.0. The van der Waals surface area contributed by atoms with E-state index in [0.29, 0.717) is 30.0 Å². The monoisotopic (exact) mass is 426 g/mol. The maximum Gasteiger partial charge on any atom is 0.195 e. The molecule has 0 aromatic heterocycles. The van der Waals surface area contributed by atoms with Gasteiger partial charge in [-0.2, -0.15) is 0 Å². The van der Waals surface area contributed by atoms with Gasteiger partial charge >= 0.3 is 0 Å². The van der Waals surface area contributed by atoms with Gasteiger partial charge in [-0.25, -0.2) is 0 Å². The van der Waals surface area contributed by atoms with E-state index < -0.39 is 11.7 Å². The summed E-state index contributed by atoms with van der Waals surface area (Å²) in [5.41, 5.74) is 4.35. The predicted molar refractivity (Wildman–Crippen MR) is 119 cm³/mol. The maximum atomic E-state index is 13.2. The van der Waals surface area contributed by atoms with Crippen LogP contribution in [0.15, 0.2) is 42.2 Å². The first-order chi connectivity index (χ1) is 14.4. The molecule has 2 atom stereocenters. The third kappa shape index (κ3) is 3.47. The summed E-state index contributed by atoms with van der Waals surface area (Å²) < 4.78 is 11.6. The van der Waals surface area contributed by atoms with Crippen LogP contribution in [0.4, 0.5) is 0 Å². The van der Waals surface area contributed by atoms with Gasteiger partial charge in [0.05, 0.1) is 12.2 Å². The number of hydrogen-bond donors (Lipinski definition) is 1. The Morgan fingerprint density at radius 3 is 2.70 bits per heavy atom. The molecule has 1 saturated heterocycles. The highest BCUT2D eigenvalue weighted by molar-refractivity contribution is 6.30. The minimum absolute atomic E-state index is 0.00868. The molecule has 4 rings (SSSR count). The van der Waals surface area contributed by atoms with E-state index in [0.717, 1.165) is 34.2 Å². The van der Waals surface area contributed by atoms with Gasteiger partial charge in [-0.05, 0) is 79.1 Å². The van der Waals surface area contributed by atoms with Crippen LogP contribution in [0.25, 0.3) is 16.7 Å². The van der Waals surface area contributed by atoms with Gasteiger partial charge in [0, 0.05) is 11.6 Å². The van der Waals surface area contributed by atoms with Gasteiger partial charge in [-0.1, -0.05) is 36.7 Å². The molecular formula is C25H27ClO4. The molecule has 2 aliphatic rings. The fraction of sp³-hybridized carbons (Fsp3) is 0.400. The molecular weight excluding hydrogens is 400 g/mol. The Kier molecular flexibility index (Phi) is 5.75. The molecule has 1 N–H and O–H groups in total. The van der Waals surface area contributed by atoms with Gasteiger partial charge in [0.15, 0.2) is 5.78 Å². The molecule has 0 aliphatic carbocycles. The van der Waals surface area contributed by atoms with Crippen LogP contribution in [-0.2, 0) is 20.7 Å². The lowest BCUT2D eigenvalue weighted by molar-refractivity contribution is -0.138. The molecule has 2 aliphatic heterocycles. The van der Waals surface area contributed by atoms with Crippen molar-refractivity contribution in [1.82, 2.24) is 0 Å². The molecule has 2 aromatic carbocycles. The number of rotatable bonds is 6. The Morgan fingerprint density at radius 1 is 1.20 bits per heavy atom. The highest BCUT2D eigenvalue weighted by Gasteiger charge is 2.53. The van der Waals surface area contributed by atoms with Crippen LogP contribution in [0, 0.1) is 6.92 Å². The Hall–Kier alpha value is -2.14. The number of fused-ring (bicyclic) bond motifs is 2. The number of aryl methyl sites for hydroxylation is 2. The standard InChI is InChI=1S/C25H27ClO4/c1-4-16-6-7-17(19-9-8-18(26)12-15(19)3)13-20(16)22-23(27)21-10-11-25(30-21,24(22)28)14-29-5-2/h6-9,12-13,21,28H,4-5,10-11,14H2,1-3H3/t21-,25-/m0/s1. The molecule has 4 nitrogen and oxygen atoms in total. The molecule has 0 unspecified atom stereocenters. The molecule has 0 saturated carbocycles. The zero-order chi connectivity index (χ0) is 21.5. The van der Waals surface area contributed by atoms with Crippen molar-refractivity contribution in [2.75, 3.05) is 13.2 Å². The van der Waals surface area contributed by atoms with Crippen molar-refractivity contribution in [3.8, 4) is 11.1 Å². The third-order valence-electron chi connectivity index (χ3n) is 6.18. The summed E-state index contributed by atoms with van der Waals surface area (Å²) in [5.74, 6) is -0.133. The van der Waals surface area contributed by atoms with Crippen molar-refractivity contribution < 1.29 is 19.4 Å². The summed E-state index contributed by atoms with van der Waals surface area (Å²) in [6.07, 6.45) is 1.40. The average molecular weight is 427 g/mol. The smallest absolute Gasteiger partial charge is 0.195 e.